The van der Waals surface area contributed by atoms with E-state index < -0.39 is 11.7 Å². The molecule has 0 aliphatic carbocycles. The number of hydrogen-bond donors (Lipinski definition) is 1. The molecule has 36 heavy (non-hydrogen) atoms. The van der Waals surface area contributed by atoms with Gasteiger partial charge in [0.2, 0.25) is 0 Å². The van der Waals surface area contributed by atoms with Crippen LogP contribution in [0.25, 0.3) is 11.1 Å². The SMILES string of the molecule is Cc1ccc2oc(=O)n(Cc3noc(C(=O)NCCCN4CCN(c5ccccc5F)CC4)n3)c2c1. The maximum atomic E-state index is 14.0. The second-order valence-electron chi connectivity index (χ2n) is 8.83. The first-order valence-electron chi connectivity index (χ1n) is 11.9. The Morgan fingerprint density at radius 3 is 2.75 bits per heavy atom. The molecule has 1 saturated heterocycles. The van der Waals surface area contributed by atoms with Gasteiger partial charge in [-0.25, -0.2) is 9.18 Å². The molecule has 0 bridgehead atoms. The molecule has 0 unspecified atom stereocenters. The van der Waals surface area contributed by atoms with Gasteiger partial charge in [0.25, 0.3) is 0 Å². The number of benzene rings is 2. The van der Waals surface area contributed by atoms with E-state index in [0.717, 1.165) is 44.7 Å². The van der Waals surface area contributed by atoms with Crippen LogP contribution in [-0.4, -0.2) is 64.8 Å². The van der Waals surface area contributed by atoms with Crippen molar-refractivity contribution >= 4 is 22.7 Å². The Balaban J connectivity index is 1.08. The number of carbonyl (C=O) groups is 1. The summed E-state index contributed by atoms with van der Waals surface area (Å²) in [5.74, 6) is -1.13. The average molecular weight is 495 g/mol. The molecule has 0 radical (unpaired) electrons. The minimum Gasteiger partial charge on any atom is -0.408 e. The van der Waals surface area contributed by atoms with Crippen molar-refractivity contribution in [2.24, 2.45) is 0 Å². The number of amides is 1. The van der Waals surface area contributed by atoms with Crippen molar-refractivity contribution in [1.29, 1.82) is 0 Å². The van der Waals surface area contributed by atoms with Gasteiger partial charge >= 0.3 is 17.6 Å². The second kappa shape index (κ2) is 10.3. The Labute approximate surface area is 206 Å². The first-order chi connectivity index (χ1) is 17.5. The highest BCUT2D eigenvalue weighted by atomic mass is 19.1. The molecule has 5 rings (SSSR count). The Kier molecular flexibility index (Phi) is 6.81. The predicted octanol–water partition coefficient (Wildman–Crippen LogP) is 2.42. The molecule has 188 valence electrons. The zero-order chi connectivity index (χ0) is 25.1. The molecule has 2 aromatic heterocycles. The highest BCUT2D eigenvalue weighted by molar-refractivity contribution is 5.89. The molecule has 1 aliphatic heterocycles. The molecule has 1 N–H and O–H groups in total. The summed E-state index contributed by atoms with van der Waals surface area (Å²) in [5.41, 5.74) is 2.73. The van der Waals surface area contributed by atoms with Crippen molar-refractivity contribution < 1.29 is 18.1 Å². The van der Waals surface area contributed by atoms with Gasteiger partial charge in [0, 0.05) is 32.7 Å². The van der Waals surface area contributed by atoms with Gasteiger partial charge in [-0.15, -0.1) is 0 Å². The summed E-state index contributed by atoms with van der Waals surface area (Å²) in [6.45, 7) is 6.40. The molecule has 11 heteroatoms. The average Bonchev–Trinajstić information content (AvgIpc) is 3.47. The third-order valence-electron chi connectivity index (χ3n) is 6.29. The number of aromatic nitrogens is 3. The topological polar surface area (TPSA) is 110 Å². The van der Waals surface area contributed by atoms with E-state index in [4.69, 9.17) is 8.94 Å². The van der Waals surface area contributed by atoms with E-state index in [1.54, 1.807) is 18.2 Å². The van der Waals surface area contributed by atoms with Crippen LogP contribution in [0, 0.1) is 12.7 Å². The number of hydrogen-bond acceptors (Lipinski definition) is 8. The van der Waals surface area contributed by atoms with Crippen molar-refractivity contribution in [3.05, 3.63) is 76.1 Å². The number of nitrogens with one attached hydrogen (secondary N) is 1. The number of anilines is 1. The lowest BCUT2D eigenvalue weighted by molar-refractivity contribution is 0.0907. The monoisotopic (exact) mass is 494 g/mol. The van der Waals surface area contributed by atoms with Crippen LogP contribution < -0.4 is 16.0 Å². The summed E-state index contributed by atoms with van der Waals surface area (Å²) in [5, 5.41) is 6.63. The largest absolute Gasteiger partial charge is 0.420 e. The van der Waals surface area contributed by atoms with E-state index in [9.17, 15) is 14.0 Å². The zero-order valence-corrected chi connectivity index (χ0v) is 19.9. The predicted molar refractivity (Wildman–Crippen MR) is 131 cm³/mol. The van der Waals surface area contributed by atoms with Gasteiger partial charge in [0.1, 0.15) is 5.82 Å². The van der Waals surface area contributed by atoms with Gasteiger partial charge in [0.15, 0.2) is 11.4 Å². The molecule has 1 fully saturated rings. The summed E-state index contributed by atoms with van der Waals surface area (Å²) in [6.07, 6.45) is 0.752. The summed E-state index contributed by atoms with van der Waals surface area (Å²) < 4.78 is 25.7. The van der Waals surface area contributed by atoms with Crippen LogP contribution in [0.2, 0.25) is 0 Å². The number of nitrogens with zero attached hydrogens (tertiary/aromatic N) is 5. The van der Waals surface area contributed by atoms with Gasteiger partial charge in [-0.05, 0) is 49.7 Å². The first kappa shape index (κ1) is 23.7. The maximum absolute atomic E-state index is 14.0. The Bertz CT molecular complexity index is 1420. The van der Waals surface area contributed by atoms with Gasteiger partial charge < -0.3 is 19.2 Å². The van der Waals surface area contributed by atoms with Crippen LogP contribution in [0.1, 0.15) is 28.5 Å². The molecule has 3 heterocycles. The first-order valence-corrected chi connectivity index (χ1v) is 11.9. The third-order valence-corrected chi connectivity index (χ3v) is 6.29. The van der Waals surface area contributed by atoms with Crippen LogP contribution in [0.4, 0.5) is 10.1 Å². The number of oxazole rings is 1. The smallest absolute Gasteiger partial charge is 0.408 e. The van der Waals surface area contributed by atoms with Gasteiger partial charge in [0.05, 0.1) is 17.7 Å². The van der Waals surface area contributed by atoms with E-state index in [0.29, 0.717) is 23.3 Å². The zero-order valence-electron chi connectivity index (χ0n) is 19.9. The summed E-state index contributed by atoms with van der Waals surface area (Å²) in [4.78, 5) is 33.1. The molecule has 4 aromatic rings. The number of halogens is 1. The molecule has 1 aliphatic rings. The standard InChI is InChI=1S/C25H27FN6O4/c1-17-7-8-21-20(15-17)32(25(34)35-21)16-22-28-24(36-29-22)23(33)27-9-4-10-30-11-13-31(14-12-30)19-6-3-2-5-18(19)26/h2-3,5-8,15H,4,9-14,16H2,1H3,(H,27,33). The lowest BCUT2D eigenvalue weighted by Gasteiger charge is -2.36. The van der Waals surface area contributed by atoms with Crippen LogP contribution >= 0.6 is 0 Å². The highest BCUT2D eigenvalue weighted by Gasteiger charge is 2.20. The number of aryl methyl sites for hydroxylation is 1. The van der Waals surface area contributed by atoms with E-state index in [-0.39, 0.29) is 24.1 Å². The van der Waals surface area contributed by atoms with Crippen molar-refractivity contribution in [2.75, 3.05) is 44.2 Å². The van der Waals surface area contributed by atoms with E-state index in [1.165, 1.54) is 10.6 Å². The van der Waals surface area contributed by atoms with Crippen LogP contribution in [0.3, 0.4) is 0 Å². The molecule has 0 saturated carbocycles. The number of rotatable bonds is 8. The van der Waals surface area contributed by atoms with Crippen molar-refractivity contribution in [2.45, 2.75) is 19.9 Å². The fourth-order valence-electron chi connectivity index (χ4n) is 4.37. The Morgan fingerprint density at radius 2 is 1.94 bits per heavy atom. The lowest BCUT2D eigenvalue weighted by atomic mass is 10.2. The van der Waals surface area contributed by atoms with Gasteiger partial charge in [-0.3, -0.25) is 14.3 Å². The van der Waals surface area contributed by atoms with Crippen LogP contribution in [0.5, 0.6) is 0 Å². The number of piperazine rings is 1. The molecule has 1 amide bonds. The molecule has 10 nitrogen and oxygen atoms in total. The summed E-state index contributed by atoms with van der Waals surface area (Å²) in [7, 11) is 0. The quantitative estimate of drug-likeness (QED) is 0.372. The van der Waals surface area contributed by atoms with Gasteiger partial charge in [-0.2, -0.15) is 4.98 Å². The molecule has 2 aromatic carbocycles. The fraction of sp³-hybridized carbons (Fsp3) is 0.360. The molecule has 0 atom stereocenters. The highest BCUT2D eigenvalue weighted by Crippen LogP contribution is 2.20. The Morgan fingerprint density at radius 1 is 1.14 bits per heavy atom. The Hall–Kier alpha value is -3.99. The fourth-order valence-corrected chi connectivity index (χ4v) is 4.37. The second-order valence-corrected chi connectivity index (χ2v) is 8.83. The van der Waals surface area contributed by atoms with E-state index in [2.05, 4.69) is 25.3 Å². The van der Waals surface area contributed by atoms with E-state index in [1.807, 2.05) is 25.1 Å². The minimum absolute atomic E-state index is 0.0327. The van der Waals surface area contributed by atoms with Crippen molar-refractivity contribution in [1.82, 2.24) is 24.9 Å². The third kappa shape index (κ3) is 5.15. The minimum atomic E-state index is -0.527. The van der Waals surface area contributed by atoms with Crippen LogP contribution in [0.15, 0.2) is 56.2 Å². The number of para-hydroxylation sites is 1. The summed E-state index contributed by atoms with van der Waals surface area (Å²) >= 11 is 0. The number of carbonyl (C=O) groups excluding carboxylic acids is 1. The van der Waals surface area contributed by atoms with Crippen LogP contribution in [-0.2, 0) is 6.54 Å². The van der Waals surface area contributed by atoms with Gasteiger partial charge in [-0.1, -0.05) is 23.4 Å². The van der Waals surface area contributed by atoms with Crippen molar-refractivity contribution in [3.8, 4) is 0 Å². The van der Waals surface area contributed by atoms with E-state index >= 15 is 0 Å². The summed E-state index contributed by atoms with van der Waals surface area (Å²) in [6, 6.07) is 12.3. The molecular weight excluding hydrogens is 467 g/mol. The maximum Gasteiger partial charge on any atom is 0.420 e. The normalized spacial score (nSPS) is 14.4. The van der Waals surface area contributed by atoms with Crippen molar-refractivity contribution in [3.63, 3.8) is 0 Å². The number of fused-ring (bicyclic) bond motifs is 1. The molecular formula is C25H27FN6O4. The molecule has 0 spiro atoms. The lowest BCUT2D eigenvalue weighted by Crippen LogP contribution is -2.47.